The average molecular weight is 757 g/mol. The maximum absolute atomic E-state index is 4.19. The molecular formula is C32H28Br2N6Ru+2. The van der Waals surface area contributed by atoms with Crippen molar-refractivity contribution in [3.05, 3.63) is 158 Å². The average Bonchev–Trinajstić information content (AvgIpc) is 3.08. The quantitative estimate of drug-likeness (QED) is 0.133. The molecule has 0 aliphatic rings. The zero-order valence-electron chi connectivity index (χ0n) is 22.1. The summed E-state index contributed by atoms with van der Waals surface area (Å²) in [6.07, 6.45) is 14.3. The molecule has 0 spiro atoms. The van der Waals surface area contributed by atoms with Crippen molar-refractivity contribution in [1.29, 1.82) is 0 Å². The van der Waals surface area contributed by atoms with Gasteiger partial charge in [0.1, 0.15) is 0 Å². The molecule has 0 bridgehead atoms. The van der Waals surface area contributed by atoms with Crippen molar-refractivity contribution in [2.24, 2.45) is 0 Å². The molecule has 6 aromatic heterocycles. The predicted molar refractivity (Wildman–Crippen MR) is 169 cm³/mol. The van der Waals surface area contributed by atoms with Crippen molar-refractivity contribution >= 4 is 31.9 Å². The maximum Gasteiger partial charge on any atom is 2.00 e. The van der Waals surface area contributed by atoms with Gasteiger partial charge in [-0.3, -0.25) is 29.9 Å². The molecule has 0 saturated carbocycles. The van der Waals surface area contributed by atoms with Crippen LogP contribution in [0.1, 0.15) is 11.1 Å². The van der Waals surface area contributed by atoms with Crippen LogP contribution in [-0.4, -0.2) is 29.9 Å². The SMILES string of the molecule is BrCc1cccnc1.BrCc1cccnc1.[Ru+2].c1ccc(-c2ccccn2)nc1.c1ccc(-c2ccccn2)nc1. The van der Waals surface area contributed by atoms with Crippen molar-refractivity contribution < 1.29 is 19.5 Å². The van der Waals surface area contributed by atoms with Gasteiger partial charge in [-0.15, -0.1) is 0 Å². The molecule has 206 valence electrons. The third kappa shape index (κ3) is 13.6. The minimum atomic E-state index is 0. The first-order chi connectivity index (χ1) is 19.8. The van der Waals surface area contributed by atoms with Crippen LogP contribution in [-0.2, 0) is 30.1 Å². The van der Waals surface area contributed by atoms with E-state index in [1.165, 1.54) is 11.1 Å². The summed E-state index contributed by atoms with van der Waals surface area (Å²) >= 11 is 6.63. The summed E-state index contributed by atoms with van der Waals surface area (Å²) in [6.45, 7) is 0. The molecule has 0 N–H and O–H groups in total. The second-order valence-electron chi connectivity index (χ2n) is 7.85. The van der Waals surface area contributed by atoms with Gasteiger partial charge in [-0.25, -0.2) is 0 Å². The van der Waals surface area contributed by atoms with E-state index in [1.807, 2.05) is 109 Å². The standard InChI is InChI=1S/2C10H8N2.2C6H6BrN.Ru/c2*1-3-7-11-9(5-1)10-6-2-4-8-12-10;2*7-4-6-2-1-3-8-5-6;/h2*1-8H;2*1-3,5H,4H2;/q;;;;+2. The van der Waals surface area contributed by atoms with Crippen molar-refractivity contribution in [2.45, 2.75) is 10.7 Å². The number of nitrogens with zero attached hydrogens (tertiary/aromatic N) is 6. The Balaban J connectivity index is 0.000000193. The molecule has 0 atom stereocenters. The molecule has 6 rings (SSSR count). The summed E-state index contributed by atoms with van der Waals surface area (Å²) in [5.74, 6) is 0. The summed E-state index contributed by atoms with van der Waals surface area (Å²) in [7, 11) is 0. The molecule has 6 heterocycles. The van der Waals surface area contributed by atoms with E-state index < -0.39 is 0 Å². The molecule has 0 amide bonds. The third-order valence-corrected chi connectivity index (χ3v) is 6.23. The van der Waals surface area contributed by atoms with Crippen LogP contribution in [0.3, 0.4) is 0 Å². The van der Waals surface area contributed by atoms with E-state index in [2.05, 4.69) is 61.8 Å². The van der Waals surface area contributed by atoms with Crippen molar-refractivity contribution in [3.8, 4) is 22.8 Å². The number of alkyl halides is 2. The van der Waals surface area contributed by atoms with E-state index in [0.717, 1.165) is 33.4 Å². The smallest absolute Gasteiger partial charge is 0.264 e. The number of hydrogen-bond donors (Lipinski definition) is 0. The van der Waals surface area contributed by atoms with Gasteiger partial charge in [0.05, 0.1) is 22.8 Å². The van der Waals surface area contributed by atoms with Gasteiger partial charge in [0, 0.05) is 60.2 Å². The molecule has 0 radical (unpaired) electrons. The third-order valence-electron chi connectivity index (χ3n) is 4.94. The van der Waals surface area contributed by atoms with Crippen molar-refractivity contribution in [1.82, 2.24) is 29.9 Å². The molecule has 6 nitrogen and oxygen atoms in total. The molecule has 41 heavy (non-hydrogen) atoms. The topological polar surface area (TPSA) is 77.3 Å². The first-order valence-corrected chi connectivity index (χ1v) is 14.6. The van der Waals surface area contributed by atoms with Crippen LogP contribution < -0.4 is 0 Å². The first-order valence-electron chi connectivity index (χ1n) is 12.3. The van der Waals surface area contributed by atoms with Gasteiger partial charge in [0.2, 0.25) is 0 Å². The van der Waals surface area contributed by atoms with Gasteiger partial charge >= 0.3 is 19.5 Å². The number of halogens is 2. The van der Waals surface area contributed by atoms with Gasteiger partial charge in [-0.2, -0.15) is 0 Å². The molecule has 9 heteroatoms. The monoisotopic (exact) mass is 756 g/mol. The Hall–Kier alpha value is -3.52. The number of aromatic nitrogens is 6. The summed E-state index contributed by atoms with van der Waals surface area (Å²) in [6, 6.07) is 31.1. The Morgan fingerprint density at radius 1 is 0.390 bits per heavy atom. The Kier molecular flexibility index (Phi) is 17.5. The molecule has 0 saturated heterocycles. The summed E-state index contributed by atoms with van der Waals surface area (Å²) < 4.78 is 0. The maximum atomic E-state index is 4.19. The van der Waals surface area contributed by atoms with E-state index in [9.17, 15) is 0 Å². The molecular weight excluding hydrogens is 729 g/mol. The fourth-order valence-corrected chi connectivity index (χ4v) is 3.67. The predicted octanol–water partition coefficient (Wildman–Crippen LogP) is 8.24. The molecule has 0 aliphatic heterocycles. The second kappa shape index (κ2) is 21.3. The molecule has 0 fully saturated rings. The molecule has 6 aromatic rings. The summed E-state index contributed by atoms with van der Waals surface area (Å²) in [5, 5.41) is 1.78. The normalized spacial score (nSPS) is 9.22. The van der Waals surface area contributed by atoms with Crippen LogP contribution in [0, 0.1) is 0 Å². The van der Waals surface area contributed by atoms with E-state index >= 15 is 0 Å². The minimum Gasteiger partial charge on any atom is -0.264 e. The zero-order valence-corrected chi connectivity index (χ0v) is 27.0. The number of rotatable bonds is 4. The van der Waals surface area contributed by atoms with Gasteiger partial charge < -0.3 is 0 Å². The largest absolute Gasteiger partial charge is 2.00 e. The van der Waals surface area contributed by atoms with Gasteiger partial charge in [-0.05, 0) is 71.8 Å². The Bertz CT molecular complexity index is 1250. The van der Waals surface area contributed by atoms with E-state index in [1.54, 1.807) is 37.2 Å². The van der Waals surface area contributed by atoms with Crippen LogP contribution >= 0.6 is 31.9 Å². The van der Waals surface area contributed by atoms with Crippen molar-refractivity contribution in [2.75, 3.05) is 0 Å². The fourth-order valence-electron chi connectivity index (χ4n) is 3.01. The van der Waals surface area contributed by atoms with E-state index in [0.29, 0.717) is 0 Å². The molecule has 0 aliphatic carbocycles. The summed E-state index contributed by atoms with van der Waals surface area (Å²) in [4.78, 5) is 24.6. The van der Waals surface area contributed by atoms with Crippen LogP contribution in [0.5, 0.6) is 0 Å². The van der Waals surface area contributed by atoms with E-state index in [-0.39, 0.29) is 19.5 Å². The number of hydrogen-bond acceptors (Lipinski definition) is 6. The van der Waals surface area contributed by atoms with Gasteiger partial charge in [0.25, 0.3) is 0 Å². The number of pyridine rings is 6. The Morgan fingerprint density at radius 3 is 0.878 bits per heavy atom. The Morgan fingerprint density at radius 2 is 0.707 bits per heavy atom. The van der Waals surface area contributed by atoms with E-state index in [4.69, 9.17) is 0 Å². The zero-order chi connectivity index (χ0) is 28.1. The van der Waals surface area contributed by atoms with Crippen LogP contribution in [0.25, 0.3) is 22.8 Å². The first kappa shape index (κ1) is 33.7. The second-order valence-corrected chi connectivity index (χ2v) is 8.97. The van der Waals surface area contributed by atoms with Gasteiger partial charge in [0.15, 0.2) is 0 Å². The fraction of sp³-hybridized carbons (Fsp3) is 0.0625. The van der Waals surface area contributed by atoms with Crippen LogP contribution in [0.4, 0.5) is 0 Å². The molecule has 0 unspecified atom stereocenters. The van der Waals surface area contributed by atoms with Crippen LogP contribution in [0.15, 0.2) is 147 Å². The van der Waals surface area contributed by atoms with Crippen LogP contribution in [0.2, 0.25) is 0 Å². The molecule has 0 aromatic carbocycles. The van der Waals surface area contributed by atoms with Crippen molar-refractivity contribution in [3.63, 3.8) is 0 Å². The Labute approximate surface area is 270 Å². The summed E-state index contributed by atoms with van der Waals surface area (Å²) in [5.41, 5.74) is 6.09. The van der Waals surface area contributed by atoms with Gasteiger partial charge in [-0.1, -0.05) is 68.3 Å². The minimum absolute atomic E-state index is 0.